The topological polar surface area (TPSA) is 29.1 Å². The zero-order valence-electron chi connectivity index (χ0n) is 11.2. The molecule has 0 spiro atoms. The van der Waals surface area contributed by atoms with Crippen LogP contribution in [0.4, 0.5) is 4.39 Å². The van der Waals surface area contributed by atoms with E-state index in [4.69, 9.17) is 0 Å². The first-order valence-electron chi connectivity index (χ1n) is 6.27. The summed E-state index contributed by atoms with van der Waals surface area (Å²) < 4.78 is 13.6. The molecule has 0 aliphatic carbocycles. The van der Waals surface area contributed by atoms with Crippen molar-refractivity contribution < 1.29 is 9.18 Å². The van der Waals surface area contributed by atoms with Crippen LogP contribution in [0.3, 0.4) is 0 Å². The predicted molar refractivity (Wildman–Crippen MR) is 83.8 cm³/mol. The lowest BCUT2D eigenvalue weighted by Gasteiger charge is -2.14. The van der Waals surface area contributed by atoms with Crippen LogP contribution in [0.1, 0.15) is 27.0 Å². The number of aryl methyl sites for hydroxylation is 1. The molecule has 0 bridgehead atoms. The zero-order chi connectivity index (χ0) is 14.7. The molecular weight excluding hydrogens is 341 g/mol. The van der Waals surface area contributed by atoms with E-state index in [1.165, 1.54) is 21.9 Å². The van der Waals surface area contributed by atoms with E-state index in [2.05, 4.69) is 40.3 Å². The highest BCUT2D eigenvalue weighted by Gasteiger charge is 2.15. The summed E-state index contributed by atoms with van der Waals surface area (Å²) in [6.45, 7) is 4.00. The maximum atomic E-state index is 13.4. The monoisotopic (exact) mass is 355 g/mol. The Morgan fingerprint density at radius 1 is 1.40 bits per heavy atom. The second-order valence-corrected chi connectivity index (χ2v) is 6.86. The number of amides is 1. The van der Waals surface area contributed by atoms with Crippen molar-refractivity contribution in [2.24, 2.45) is 0 Å². The normalized spacial score (nSPS) is 12.2. The predicted octanol–water partition coefficient (Wildman–Crippen LogP) is 4.32. The second-order valence-electron chi connectivity index (χ2n) is 4.69. The first kappa shape index (κ1) is 15.2. The number of hydrogen-bond acceptors (Lipinski definition) is 2. The van der Waals surface area contributed by atoms with Crippen molar-refractivity contribution in [2.45, 2.75) is 26.3 Å². The Hall–Kier alpha value is -1.20. The number of hydrogen-bond donors (Lipinski definition) is 1. The number of nitrogens with one attached hydrogen (secondary N) is 1. The Balaban J connectivity index is 2.02. The molecule has 1 heterocycles. The Labute approximate surface area is 130 Å². The Morgan fingerprint density at radius 2 is 2.15 bits per heavy atom. The van der Waals surface area contributed by atoms with Crippen molar-refractivity contribution in [1.82, 2.24) is 5.32 Å². The fraction of sp³-hybridized carbons (Fsp3) is 0.267. The van der Waals surface area contributed by atoms with Crippen LogP contribution in [0.5, 0.6) is 0 Å². The average Bonchev–Trinajstić information content (AvgIpc) is 2.77. The summed E-state index contributed by atoms with van der Waals surface area (Å²) in [5.41, 5.74) is 0.319. The zero-order valence-corrected chi connectivity index (χ0v) is 13.6. The second kappa shape index (κ2) is 6.50. The van der Waals surface area contributed by atoms with Gasteiger partial charge in [0.2, 0.25) is 0 Å². The molecule has 1 unspecified atom stereocenters. The van der Waals surface area contributed by atoms with E-state index in [9.17, 15) is 9.18 Å². The molecule has 1 aromatic heterocycles. The quantitative estimate of drug-likeness (QED) is 0.869. The Bertz CT molecular complexity index is 626. The van der Waals surface area contributed by atoms with Crippen molar-refractivity contribution in [2.75, 3.05) is 0 Å². The number of benzene rings is 1. The van der Waals surface area contributed by atoms with Crippen LogP contribution in [-0.4, -0.2) is 11.9 Å². The van der Waals surface area contributed by atoms with Crippen LogP contribution in [0.25, 0.3) is 0 Å². The van der Waals surface area contributed by atoms with Gasteiger partial charge in [0, 0.05) is 22.2 Å². The number of halogens is 2. The minimum absolute atomic E-state index is 0.00397. The molecule has 2 rings (SSSR count). The average molecular weight is 356 g/mol. The van der Waals surface area contributed by atoms with Gasteiger partial charge in [-0.3, -0.25) is 4.79 Å². The number of thiophene rings is 1. The smallest absolute Gasteiger partial charge is 0.252 e. The minimum atomic E-state index is -0.431. The van der Waals surface area contributed by atoms with Crippen LogP contribution in [0.2, 0.25) is 0 Å². The van der Waals surface area contributed by atoms with E-state index < -0.39 is 5.82 Å². The molecule has 0 radical (unpaired) electrons. The van der Waals surface area contributed by atoms with Crippen molar-refractivity contribution in [1.29, 1.82) is 0 Å². The highest BCUT2D eigenvalue weighted by Crippen LogP contribution is 2.21. The lowest BCUT2D eigenvalue weighted by molar-refractivity contribution is 0.0939. The van der Waals surface area contributed by atoms with Crippen molar-refractivity contribution in [3.05, 3.63) is 55.9 Å². The molecule has 106 valence electrons. The highest BCUT2D eigenvalue weighted by atomic mass is 79.9. The van der Waals surface area contributed by atoms with Crippen LogP contribution < -0.4 is 5.32 Å². The van der Waals surface area contributed by atoms with Gasteiger partial charge in [0.25, 0.3) is 5.91 Å². The summed E-state index contributed by atoms with van der Waals surface area (Å²) in [6.07, 6.45) is 0.775. The van der Waals surface area contributed by atoms with E-state index in [-0.39, 0.29) is 16.4 Å². The fourth-order valence-electron chi connectivity index (χ4n) is 1.93. The van der Waals surface area contributed by atoms with Gasteiger partial charge in [-0.2, -0.15) is 0 Å². The van der Waals surface area contributed by atoms with Gasteiger partial charge in [-0.25, -0.2) is 4.39 Å². The van der Waals surface area contributed by atoms with Gasteiger partial charge >= 0.3 is 0 Å². The lowest BCUT2D eigenvalue weighted by atomic mass is 10.1. The standard InChI is InChI=1S/C15H15BrFNOS/c1-9(8-11-7-6-10(2)20-11)18-15(19)12-4-3-5-13(17)14(12)16/h3-7,9H,8H2,1-2H3,(H,18,19). The van der Waals surface area contributed by atoms with Crippen molar-refractivity contribution in [3.63, 3.8) is 0 Å². The third-order valence-corrected chi connectivity index (χ3v) is 4.71. The minimum Gasteiger partial charge on any atom is -0.349 e. The van der Waals surface area contributed by atoms with Gasteiger partial charge in [0.1, 0.15) is 5.82 Å². The summed E-state index contributed by atoms with van der Waals surface area (Å²) >= 11 is 4.83. The van der Waals surface area contributed by atoms with Gasteiger partial charge in [-0.15, -0.1) is 11.3 Å². The van der Waals surface area contributed by atoms with Crippen molar-refractivity contribution >= 4 is 33.2 Å². The molecule has 0 aliphatic rings. The van der Waals surface area contributed by atoms with E-state index >= 15 is 0 Å². The molecule has 1 aromatic carbocycles. The molecule has 0 fully saturated rings. The van der Waals surface area contributed by atoms with Crippen LogP contribution in [-0.2, 0) is 6.42 Å². The fourth-order valence-corrected chi connectivity index (χ4v) is 3.39. The third kappa shape index (κ3) is 3.67. The number of carbonyl (C=O) groups is 1. The first-order chi connectivity index (χ1) is 9.47. The lowest BCUT2D eigenvalue weighted by Crippen LogP contribution is -2.34. The Morgan fingerprint density at radius 3 is 2.80 bits per heavy atom. The third-order valence-electron chi connectivity index (χ3n) is 2.88. The van der Waals surface area contributed by atoms with Gasteiger partial charge in [0.15, 0.2) is 0 Å². The first-order valence-corrected chi connectivity index (χ1v) is 7.88. The molecule has 0 saturated heterocycles. The molecular formula is C15H15BrFNOS. The molecule has 1 atom stereocenters. The molecule has 0 saturated carbocycles. The van der Waals surface area contributed by atoms with Crippen LogP contribution >= 0.6 is 27.3 Å². The molecule has 1 N–H and O–H groups in total. The van der Waals surface area contributed by atoms with Crippen molar-refractivity contribution in [3.8, 4) is 0 Å². The van der Waals surface area contributed by atoms with Gasteiger partial charge in [-0.05, 0) is 54.0 Å². The highest BCUT2D eigenvalue weighted by molar-refractivity contribution is 9.10. The number of carbonyl (C=O) groups excluding carboxylic acids is 1. The summed E-state index contributed by atoms with van der Waals surface area (Å²) in [7, 11) is 0. The summed E-state index contributed by atoms with van der Waals surface area (Å²) in [4.78, 5) is 14.6. The van der Waals surface area contributed by atoms with E-state index in [1.807, 2.05) is 6.92 Å². The van der Waals surface area contributed by atoms with E-state index in [0.717, 1.165) is 6.42 Å². The number of rotatable bonds is 4. The largest absolute Gasteiger partial charge is 0.349 e. The molecule has 20 heavy (non-hydrogen) atoms. The molecule has 1 amide bonds. The van der Waals surface area contributed by atoms with Crippen LogP contribution in [0.15, 0.2) is 34.8 Å². The maximum Gasteiger partial charge on any atom is 0.252 e. The summed E-state index contributed by atoms with van der Waals surface area (Å²) in [5.74, 6) is -0.698. The van der Waals surface area contributed by atoms with Crippen LogP contribution in [0, 0.1) is 12.7 Å². The SMILES string of the molecule is Cc1ccc(CC(C)NC(=O)c2cccc(F)c2Br)s1. The summed E-state index contributed by atoms with van der Waals surface area (Å²) in [5, 5.41) is 2.89. The van der Waals surface area contributed by atoms with Gasteiger partial charge in [-0.1, -0.05) is 6.07 Å². The van der Waals surface area contributed by atoms with E-state index in [0.29, 0.717) is 5.56 Å². The molecule has 2 nitrogen and oxygen atoms in total. The molecule has 0 aliphatic heterocycles. The molecule has 2 aromatic rings. The van der Waals surface area contributed by atoms with Gasteiger partial charge in [0.05, 0.1) is 10.0 Å². The van der Waals surface area contributed by atoms with Gasteiger partial charge < -0.3 is 5.32 Å². The molecule has 5 heteroatoms. The maximum absolute atomic E-state index is 13.4. The van der Waals surface area contributed by atoms with E-state index in [1.54, 1.807) is 17.4 Å². The summed E-state index contributed by atoms with van der Waals surface area (Å²) in [6, 6.07) is 8.58. The Kier molecular flexibility index (Phi) is 4.94.